The molecule has 80 valence electrons. The van der Waals surface area contributed by atoms with Gasteiger partial charge < -0.3 is 8.92 Å². The van der Waals surface area contributed by atoms with Crippen molar-refractivity contribution in [3.63, 3.8) is 0 Å². The molecular weight excluding hydrogens is 222 g/mol. The van der Waals surface area contributed by atoms with Gasteiger partial charge in [-0.1, -0.05) is 25.1 Å². The Labute approximate surface area is 94.0 Å². The van der Waals surface area contributed by atoms with E-state index < -0.39 is 0 Å². The fourth-order valence-electron chi connectivity index (χ4n) is 0.753. The van der Waals surface area contributed by atoms with Crippen molar-refractivity contribution in [1.82, 2.24) is 0 Å². The van der Waals surface area contributed by atoms with Crippen molar-refractivity contribution in [3.8, 4) is 0 Å². The predicted octanol–water partition coefficient (Wildman–Crippen LogP) is 3.33. The Balaban J connectivity index is 4.45. The number of nitrogens with zero attached hydrogens (tertiary/aromatic N) is 1. The first kappa shape index (κ1) is 13.5. The number of rotatable bonds is 5. The van der Waals surface area contributed by atoms with Gasteiger partial charge in [-0.3, -0.25) is 0 Å². The summed E-state index contributed by atoms with van der Waals surface area (Å²) in [5.74, 6) is 0.627. The van der Waals surface area contributed by atoms with E-state index in [0.29, 0.717) is 11.5 Å². The molecule has 0 saturated heterocycles. The zero-order valence-corrected chi connectivity index (χ0v) is 10.1. The van der Waals surface area contributed by atoms with Crippen molar-refractivity contribution in [2.24, 2.45) is 4.99 Å². The van der Waals surface area contributed by atoms with E-state index in [1.54, 1.807) is 7.11 Å². The molecular formula is C9H14ClNO2S. The van der Waals surface area contributed by atoms with Crippen LogP contribution < -0.4 is 0 Å². The molecule has 0 aliphatic heterocycles. The van der Waals surface area contributed by atoms with Crippen molar-refractivity contribution >= 4 is 28.1 Å². The third kappa shape index (κ3) is 5.32. The van der Waals surface area contributed by atoms with Crippen molar-refractivity contribution in [2.75, 3.05) is 14.2 Å². The van der Waals surface area contributed by atoms with Crippen molar-refractivity contribution < 1.29 is 8.92 Å². The third-order valence-corrected chi connectivity index (χ3v) is 1.94. The fourth-order valence-corrected chi connectivity index (χ4v) is 1.33. The molecule has 0 atom stereocenters. The Hall–Kier alpha value is -0.450. The summed E-state index contributed by atoms with van der Waals surface area (Å²) in [7, 11) is 3.09. The normalized spacial score (nSPS) is 12.9. The average Bonchev–Trinajstić information content (AvgIpc) is 2.14. The van der Waals surface area contributed by atoms with Crippen LogP contribution in [0.1, 0.15) is 13.3 Å². The highest BCUT2D eigenvalue weighted by Gasteiger charge is 2.02. The standard InChI is InChI=1S/C9H14ClNO2S/c1-5-6-8(12-3)7(2)11-9(10)14-13-4/h6H,2,5H2,1,3-4H3/b8-6+,11-9?. The highest BCUT2D eigenvalue weighted by Crippen LogP contribution is 2.16. The van der Waals surface area contributed by atoms with E-state index in [-0.39, 0.29) is 4.50 Å². The first-order valence-corrected chi connectivity index (χ1v) is 5.15. The predicted molar refractivity (Wildman–Crippen MR) is 62.4 cm³/mol. The Morgan fingerprint density at radius 3 is 2.64 bits per heavy atom. The van der Waals surface area contributed by atoms with E-state index in [9.17, 15) is 0 Å². The van der Waals surface area contributed by atoms with E-state index in [1.165, 1.54) is 7.11 Å². The van der Waals surface area contributed by atoms with Crippen LogP contribution in [0.3, 0.4) is 0 Å². The van der Waals surface area contributed by atoms with Gasteiger partial charge in [0.2, 0.25) is 0 Å². The highest BCUT2D eigenvalue weighted by atomic mass is 35.5. The van der Waals surface area contributed by atoms with Crippen LogP contribution in [0.4, 0.5) is 0 Å². The van der Waals surface area contributed by atoms with Gasteiger partial charge >= 0.3 is 0 Å². The smallest absolute Gasteiger partial charge is 0.190 e. The zero-order valence-electron chi connectivity index (χ0n) is 8.54. The van der Waals surface area contributed by atoms with Gasteiger partial charge in [-0.25, -0.2) is 4.99 Å². The lowest BCUT2D eigenvalue weighted by Crippen LogP contribution is -1.91. The second-order valence-electron chi connectivity index (χ2n) is 2.24. The number of allylic oxidation sites excluding steroid dienone is 1. The first-order valence-electron chi connectivity index (χ1n) is 4.04. The Kier molecular flexibility index (Phi) is 7.65. The Morgan fingerprint density at radius 2 is 2.21 bits per heavy atom. The van der Waals surface area contributed by atoms with E-state index in [0.717, 1.165) is 18.5 Å². The van der Waals surface area contributed by atoms with Gasteiger partial charge in [0.15, 0.2) is 4.50 Å². The number of aliphatic imine (C=N–C) groups is 1. The molecule has 0 amide bonds. The Morgan fingerprint density at radius 1 is 1.57 bits per heavy atom. The quantitative estimate of drug-likeness (QED) is 0.241. The van der Waals surface area contributed by atoms with Gasteiger partial charge in [-0.05, 0) is 12.5 Å². The highest BCUT2D eigenvalue weighted by molar-refractivity contribution is 8.12. The van der Waals surface area contributed by atoms with Gasteiger partial charge in [-0.15, -0.1) is 0 Å². The first-order chi connectivity index (χ1) is 6.65. The van der Waals surface area contributed by atoms with E-state index >= 15 is 0 Å². The van der Waals surface area contributed by atoms with E-state index in [2.05, 4.69) is 11.6 Å². The minimum Gasteiger partial charge on any atom is -0.495 e. The van der Waals surface area contributed by atoms with Crippen LogP contribution in [-0.4, -0.2) is 18.7 Å². The molecule has 0 bridgehead atoms. The van der Waals surface area contributed by atoms with Gasteiger partial charge in [0.25, 0.3) is 0 Å². The van der Waals surface area contributed by atoms with Gasteiger partial charge in [0, 0.05) is 0 Å². The zero-order chi connectivity index (χ0) is 11.0. The summed E-state index contributed by atoms with van der Waals surface area (Å²) in [6.45, 7) is 5.73. The molecule has 0 N–H and O–H groups in total. The summed E-state index contributed by atoms with van der Waals surface area (Å²) >= 11 is 6.70. The van der Waals surface area contributed by atoms with E-state index in [4.69, 9.17) is 20.5 Å². The molecule has 0 aromatic heterocycles. The molecule has 0 aromatic carbocycles. The van der Waals surface area contributed by atoms with Crippen molar-refractivity contribution in [2.45, 2.75) is 13.3 Å². The van der Waals surface area contributed by atoms with Crippen LogP contribution in [0.15, 0.2) is 29.1 Å². The lowest BCUT2D eigenvalue weighted by atomic mass is 10.3. The van der Waals surface area contributed by atoms with Crippen LogP contribution in [0.2, 0.25) is 0 Å². The molecule has 14 heavy (non-hydrogen) atoms. The number of halogens is 1. The lowest BCUT2D eigenvalue weighted by Gasteiger charge is -2.04. The molecule has 0 spiro atoms. The van der Waals surface area contributed by atoms with Gasteiger partial charge in [0.1, 0.15) is 5.76 Å². The summed E-state index contributed by atoms with van der Waals surface area (Å²) in [6, 6.07) is 0. The molecule has 0 aliphatic carbocycles. The van der Waals surface area contributed by atoms with Crippen molar-refractivity contribution in [1.29, 1.82) is 0 Å². The maximum atomic E-state index is 5.72. The van der Waals surface area contributed by atoms with Crippen LogP contribution in [0.25, 0.3) is 0 Å². The summed E-state index contributed by atoms with van der Waals surface area (Å²) in [4.78, 5) is 3.99. The maximum Gasteiger partial charge on any atom is 0.190 e. The van der Waals surface area contributed by atoms with Gasteiger partial charge in [-0.2, -0.15) is 0 Å². The summed E-state index contributed by atoms with van der Waals surface area (Å²) in [5, 5.41) is 0. The van der Waals surface area contributed by atoms with Crippen LogP contribution >= 0.6 is 23.6 Å². The fraction of sp³-hybridized carbons (Fsp3) is 0.444. The largest absolute Gasteiger partial charge is 0.495 e. The molecule has 0 heterocycles. The number of methoxy groups -OCH3 is 1. The molecule has 0 aromatic rings. The van der Waals surface area contributed by atoms with Crippen LogP contribution in [0, 0.1) is 0 Å². The summed E-state index contributed by atoms with van der Waals surface area (Å²) in [5.41, 5.74) is 0.490. The van der Waals surface area contributed by atoms with Crippen LogP contribution in [0.5, 0.6) is 0 Å². The summed E-state index contributed by atoms with van der Waals surface area (Å²) in [6.07, 6.45) is 2.74. The number of hydrogen-bond acceptors (Lipinski definition) is 4. The van der Waals surface area contributed by atoms with Crippen molar-refractivity contribution in [3.05, 3.63) is 24.1 Å². The topological polar surface area (TPSA) is 30.8 Å². The molecule has 3 nitrogen and oxygen atoms in total. The average molecular weight is 236 g/mol. The van der Waals surface area contributed by atoms with Gasteiger partial charge in [0.05, 0.1) is 32.0 Å². The molecule has 0 rings (SSSR count). The monoisotopic (exact) mass is 235 g/mol. The molecule has 0 radical (unpaired) electrons. The van der Waals surface area contributed by atoms with E-state index in [1.807, 2.05) is 13.0 Å². The molecule has 0 saturated carbocycles. The second-order valence-corrected chi connectivity index (χ2v) is 3.71. The SMILES string of the molecule is C=C(N=C(Cl)SOC)/C(=C\CC)OC. The Bertz CT molecular complexity index is 251. The number of ether oxygens (including phenoxy) is 1. The maximum absolute atomic E-state index is 5.72. The lowest BCUT2D eigenvalue weighted by molar-refractivity contribution is 0.299. The van der Waals surface area contributed by atoms with Crippen LogP contribution in [-0.2, 0) is 8.92 Å². The molecule has 0 aliphatic rings. The number of hydrogen-bond donors (Lipinski definition) is 0. The molecule has 5 heteroatoms. The third-order valence-electron chi connectivity index (χ3n) is 1.27. The minimum absolute atomic E-state index is 0.275. The molecule has 0 unspecified atom stereocenters. The summed E-state index contributed by atoms with van der Waals surface area (Å²) < 4.78 is 10.1. The second kappa shape index (κ2) is 7.91. The minimum atomic E-state index is 0.275. The molecule has 0 fully saturated rings.